The number of nitrogens with zero attached hydrogens (tertiary/aromatic N) is 4. The molecule has 0 radical (unpaired) electrons. The summed E-state index contributed by atoms with van der Waals surface area (Å²) in [6.07, 6.45) is 3.33. The molecule has 5 heteroatoms. The first-order valence-electron chi connectivity index (χ1n) is 7.68. The van der Waals surface area contributed by atoms with Crippen molar-refractivity contribution in [2.75, 3.05) is 0 Å². The zero-order valence-electron chi connectivity index (χ0n) is 13.5. The third-order valence-electron chi connectivity index (χ3n) is 3.86. The average molecular weight is 316 g/mol. The van der Waals surface area contributed by atoms with Crippen LogP contribution in [0.15, 0.2) is 61.1 Å². The van der Waals surface area contributed by atoms with Crippen molar-refractivity contribution in [3.8, 4) is 22.8 Å². The van der Waals surface area contributed by atoms with Crippen LogP contribution in [0, 0.1) is 6.92 Å². The highest BCUT2D eigenvalue weighted by Gasteiger charge is 2.11. The Labute approximate surface area is 139 Å². The summed E-state index contributed by atoms with van der Waals surface area (Å²) >= 11 is 0. The SMILES string of the molecule is Cc1cccc(Oc2ccc(-c3nn(C)c4ncncc34)cc2)c1. The number of aromatic nitrogens is 4. The largest absolute Gasteiger partial charge is 0.457 e. The predicted molar refractivity (Wildman–Crippen MR) is 93.0 cm³/mol. The second kappa shape index (κ2) is 5.77. The van der Waals surface area contributed by atoms with Gasteiger partial charge in [0.25, 0.3) is 0 Å². The molecule has 0 spiro atoms. The minimum atomic E-state index is 0.792. The highest BCUT2D eigenvalue weighted by atomic mass is 16.5. The van der Waals surface area contributed by atoms with Crippen LogP contribution >= 0.6 is 0 Å². The summed E-state index contributed by atoms with van der Waals surface area (Å²) in [5.41, 5.74) is 3.87. The van der Waals surface area contributed by atoms with Crippen LogP contribution in [0.25, 0.3) is 22.3 Å². The molecule has 2 aromatic heterocycles. The summed E-state index contributed by atoms with van der Waals surface area (Å²) in [4.78, 5) is 8.38. The van der Waals surface area contributed by atoms with Crippen LogP contribution in [0.1, 0.15) is 5.56 Å². The number of hydrogen-bond donors (Lipinski definition) is 0. The van der Waals surface area contributed by atoms with E-state index in [0.29, 0.717) is 0 Å². The summed E-state index contributed by atoms with van der Waals surface area (Å²) in [7, 11) is 1.88. The topological polar surface area (TPSA) is 52.8 Å². The Morgan fingerprint density at radius 3 is 2.62 bits per heavy atom. The summed E-state index contributed by atoms with van der Waals surface area (Å²) in [6.45, 7) is 2.05. The molecule has 2 aromatic carbocycles. The number of fused-ring (bicyclic) bond motifs is 1. The van der Waals surface area contributed by atoms with E-state index in [1.54, 1.807) is 10.9 Å². The van der Waals surface area contributed by atoms with E-state index in [1.807, 2.05) is 62.5 Å². The Kier molecular flexibility index (Phi) is 3.46. The van der Waals surface area contributed by atoms with Crippen LogP contribution in [-0.4, -0.2) is 19.7 Å². The quantitative estimate of drug-likeness (QED) is 0.570. The Morgan fingerprint density at radius 2 is 1.83 bits per heavy atom. The van der Waals surface area contributed by atoms with E-state index in [0.717, 1.165) is 33.8 Å². The Hall–Kier alpha value is -3.21. The Bertz CT molecular complexity index is 1010. The molecule has 0 bridgehead atoms. The van der Waals surface area contributed by atoms with Crippen molar-refractivity contribution in [1.82, 2.24) is 19.7 Å². The van der Waals surface area contributed by atoms with Gasteiger partial charge in [0.05, 0.1) is 5.39 Å². The lowest BCUT2D eigenvalue weighted by atomic mass is 10.1. The molecule has 118 valence electrons. The summed E-state index contributed by atoms with van der Waals surface area (Å²) in [6, 6.07) is 15.9. The van der Waals surface area contributed by atoms with Crippen LogP contribution in [0.4, 0.5) is 0 Å². The van der Waals surface area contributed by atoms with Gasteiger partial charge in [-0.15, -0.1) is 0 Å². The van der Waals surface area contributed by atoms with E-state index in [9.17, 15) is 0 Å². The lowest BCUT2D eigenvalue weighted by Gasteiger charge is -2.07. The molecular weight excluding hydrogens is 300 g/mol. The lowest BCUT2D eigenvalue weighted by molar-refractivity contribution is 0.482. The van der Waals surface area contributed by atoms with Gasteiger partial charge in [0.15, 0.2) is 5.65 Å². The third kappa shape index (κ3) is 2.60. The smallest absolute Gasteiger partial charge is 0.161 e. The molecule has 4 aromatic rings. The molecule has 0 unspecified atom stereocenters. The first-order valence-corrected chi connectivity index (χ1v) is 7.68. The van der Waals surface area contributed by atoms with Gasteiger partial charge in [0.1, 0.15) is 23.5 Å². The van der Waals surface area contributed by atoms with Gasteiger partial charge in [-0.2, -0.15) is 5.10 Å². The van der Waals surface area contributed by atoms with E-state index in [4.69, 9.17) is 4.74 Å². The molecule has 5 nitrogen and oxygen atoms in total. The van der Waals surface area contributed by atoms with Crippen LogP contribution < -0.4 is 4.74 Å². The predicted octanol–water partition coefficient (Wildman–Crippen LogP) is 4.13. The van der Waals surface area contributed by atoms with Crippen molar-refractivity contribution < 1.29 is 4.74 Å². The van der Waals surface area contributed by atoms with Gasteiger partial charge in [-0.05, 0) is 48.9 Å². The van der Waals surface area contributed by atoms with E-state index in [-0.39, 0.29) is 0 Å². The molecule has 0 aliphatic heterocycles. The van der Waals surface area contributed by atoms with Crippen molar-refractivity contribution in [3.05, 3.63) is 66.6 Å². The standard InChI is InChI=1S/C19H16N4O/c1-13-4-3-5-16(10-13)24-15-8-6-14(7-9-15)18-17-11-20-12-21-19(17)23(2)22-18/h3-12H,1-2H3. The fraction of sp³-hybridized carbons (Fsp3) is 0.105. The molecule has 24 heavy (non-hydrogen) atoms. The maximum Gasteiger partial charge on any atom is 0.161 e. The Morgan fingerprint density at radius 1 is 1.00 bits per heavy atom. The highest BCUT2D eigenvalue weighted by molar-refractivity contribution is 5.90. The molecule has 0 aliphatic carbocycles. The van der Waals surface area contributed by atoms with E-state index in [1.165, 1.54) is 11.9 Å². The summed E-state index contributed by atoms with van der Waals surface area (Å²) in [5, 5.41) is 5.50. The van der Waals surface area contributed by atoms with Gasteiger partial charge in [0, 0.05) is 18.8 Å². The molecule has 0 saturated heterocycles. The van der Waals surface area contributed by atoms with Crippen molar-refractivity contribution in [3.63, 3.8) is 0 Å². The van der Waals surface area contributed by atoms with E-state index in [2.05, 4.69) is 15.1 Å². The second-order valence-electron chi connectivity index (χ2n) is 5.68. The average Bonchev–Trinajstić information content (AvgIpc) is 2.93. The number of rotatable bonds is 3. The monoisotopic (exact) mass is 316 g/mol. The molecule has 0 fully saturated rings. The van der Waals surface area contributed by atoms with Crippen molar-refractivity contribution >= 4 is 11.0 Å². The molecular formula is C19H16N4O. The molecule has 0 saturated carbocycles. The molecule has 0 atom stereocenters. The van der Waals surface area contributed by atoms with Crippen LogP contribution in [-0.2, 0) is 7.05 Å². The maximum absolute atomic E-state index is 5.89. The second-order valence-corrected chi connectivity index (χ2v) is 5.68. The molecule has 0 N–H and O–H groups in total. The minimum Gasteiger partial charge on any atom is -0.457 e. The first kappa shape index (κ1) is 14.4. The van der Waals surface area contributed by atoms with E-state index >= 15 is 0 Å². The molecule has 2 heterocycles. The van der Waals surface area contributed by atoms with Crippen molar-refractivity contribution in [2.24, 2.45) is 7.05 Å². The minimum absolute atomic E-state index is 0.792. The Balaban J connectivity index is 1.66. The molecule has 4 rings (SSSR count). The number of aryl methyl sites for hydroxylation is 2. The van der Waals surface area contributed by atoms with Crippen LogP contribution in [0.2, 0.25) is 0 Å². The molecule has 0 aliphatic rings. The van der Waals surface area contributed by atoms with Gasteiger partial charge < -0.3 is 4.74 Å². The van der Waals surface area contributed by atoms with E-state index < -0.39 is 0 Å². The van der Waals surface area contributed by atoms with Gasteiger partial charge in [-0.3, -0.25) is 0 Å². The van der Waals surface area contributed by atoms with Gasteiger partial charge >= 0.3 is 0 Å². The zero-order chi connectivity index (χ0) is 16.5. The highest BCUT2D eigenvalue weighted by Crippen LogP contribution is 2.29. The molecule has 0 amide bonds. The van der Waals surface area contributed by atoms with Crippen molar-refractivity contribution in [2.45, 2.75) is 6.92 Å². The number of ether oxygens (including phenoxy) is 1. The lowest BCUT2D eigenvalue weighted by Crippen LogP contribution is -1.91. The van der Waals surface area contributed by atoms with Gasteiger partial charge in [-0.1, -0.05) is 12.1 Å². The number of benzene rings is 2. The number of hydrogen-bond acceptors (Lipinski definition) is 4. The van der Waals surface area contributed by atoms with Crippen molar-refractivity contribution in [1.29, 1.82) is 0 Å². The summed E-state index contributed by atoms with van der Waals surface area (Å²) < 4.78 is 7.66. The zero-order valence-corrected chi connectivity index (χ0v) is 13.5. The van der Waals surface area contributed by atoms with Gasteiger partial charge in [-0.25, -0.2) is 14.6 Å². The fourth-order valence-electron chi connectivity index (χ4n) is 2.71. The normalized spacial score (nSPS) is 10.9. The first-order chi connectivity index (χ1) is 11.7. The fourth-order valence-corrected chi connectivity index (χ4v) is 2.71. The summed E-state index contributed by atoms with van der Waals surface area (Å²) in [5.74, 6) is 1.63. The van der Waals surface area contributed by atoms with Crippen LogP contribution in [0.3, 0.4) is 0 Å². The third-order valence-corrected chi connectivity index (χ3v) is 3.86. The van der Waals surface area contributed by atoms with Crippen LogP contribution in [0.5, 0.6) is 11.5 Å². The maximum atomic E-state index is 5.89. The van der Waals surface area contributed by atoms with Gasteiger partial charge in [0.2, 0.25) is 0 Å².